The lowest BCUT2D eigenvalue weighted by atomic mass is 10.1. The van der Waals surface area contributed by atoms with E-state index in [4.69, 9.17) is 0 Å². The molecule has 3 rings (SSSR count). The fourth-order valence-electron chi connectivity index (χ4n) is 3.12. The lowest BCUT2D eigenvalue weighted by Gasteiger charge is -2.23. The van der Waals surface area contributed by atoms with Crippen LogP contribution in [0.1, 0.15) is 23.8 Å². The third-order valence-electron chi connectivity index (χ3n) is 4.37. The molecule has 0 saturated carbocycles. The molecule has 0 aliphatic carbocycles. The number of para-hydroxylation sites is 1. The van der Waals surface area contributed by atoms with E-state index in [0.29, 0.717) is 24.6 Å². The molecule has 1 saturated heterocycles. The van der Waals surface area contributed by atoms with Crippen molar-refractivity contribution < 1.29 is 9.59 Å². The van der Waals surface area contributed by atoms with E-state index in [9.17, 15) is 14.9 Å². The summed E-state index contributed by atoms with van der Waals surface area (Å²) in [5.41, 5.74) is 1.08. The highest BCUT2D eigenvalue weighted by molar-refractivity contribution is 6.05. The van der Waals surface area contributed by atoms with E-state index in [1.165, 1.54) is 4.90 Å². The van der Waals surface area contributed by atoms with Crippen LogP contribution in [0.2, 0.25) is 0 Å². The molecule has 24 heavy (non-hydrogen) atoms. The molecular weight excluding hydrogens is 306 g/mol. The Labute approximate surface area is 139 Å². The van der Waals surface area contributed by atoms with E-state index in [-0.39, 0.29) is 18.4 Å². The fourth-order valence-corrected chi connectivity index (χ4v) is 3.12. The summed E-state index contributed by atoms with van der Waals surface area (Å²) in [6.45, 7) is 2.51. The number of carbonyl (C=O) groups is 2. The zero-order valence-corrected chi connectivity index (χ0v) is 13.7. The van der Waals surface area contributed by atoms with Crippen molar-refractivity contribution in [3.8, 4) is 6.07 Å². The molecule has 1 N–H and O–H groups in total. The number of nitrogens with one attached hydrogen (secondary N) is 1. The van der Waals surface area contributed by atoms with Crippen molar-refractivity contribution in [3.63, 3.8) is 0 Å². The number of H-pyrrole nitrogens is 1. The van der Waals surface area contributed by atoms with Gasteiger partial charge < -0.3 is 9.80 Å². The molecule has 0 radical (unpaired) electrons. The monoisotopic (exact) mass is 325 g/mol. The van der Waals surface area contributed by atoms with Gasteiger partial charge in [0.15, 0.2) is 5.69 Å². The molecule has 0 spiro atoms. The highest BCUT2D eigenvalue weighted by Gasteiger charge is 2.34. The lowest BCUT2D eigenvalue weighted by molar-refractivity contribution is -0.131. The molecule has 1 aromatic heterocycles. The van der Waals surface area contributed by atoms with E-state index in [1.807, 2.05) is 31.2 Å². The summed E-state index contributed by atoms with van der Waals surface area (Å²) in [6, 6.07) is 9.11. The average molecular weight is 325 g/mol. The first-order valence-corrected chi connectivity index (χ1v) is 7.89. The Balaban J connectivity index is 1.73. The zero-order valence-electron chi connectivity index (χ0n) is 13.7. The number of aromatic nitrogens is 2. The minimum absolute atomic E-state index is 0.0646. The Morgan fingerprint density at radius 1 is 1.46 bits per heavy atom. The molecule has 2 unspecified atom stereocenters. The first kappa shape index (κ1) is 16.0. The maximum atomic E-state index is 12.6. The normalized spacial score (nSPS) is 20.1. The molecule has 2 aromatic rings. The van der Waals surface area contributed by atoms with E-state index in [1.54, 1.807) is 11.9 Å². The van der Waals surface area contributed by atoms with E-state index in [2.05, 4.69) is 16.3 Å². The number of rotatable bonds is 3. The number of carbonyl (C=O) groups excluding carboxylic acids is 2. The summed E-state index contributed by atoms with van der Waals surface area (Å²) in [5, 5.41) is 16.8. The van der Waals surface area contributed by atoms with Crippen LogP contribution in [0.25, 0.3) is 10.9 Å². The van der Waals surface area contributed by atoms with Gasteiger partial charge in [0, 0.05) is 19.0 Å². The summed E-state index contributed by atoms with van der Waals surface area (Å²) in [6.07, 6.45) is 0.684. The lowest BCUT2D eigenvalue weighted by Crippen LogP contribution is -2.43. The van der Waals surface area contributed by atoms with Crippen LogP contribution in [-0.4, -0.2) is 58.0 Å². The fraction of sp³-hybridized carbons (Fsp3) is 0.412. The van der Waals surface area contributed by atoms with Gasteiger partial charge in [-0.3, -0.25) is 14.7 Å². The summed E-state index contributed by atoms with van der Waals surface area (Å²) < 4.78 is 0. The maximum absolute atomic E-state index is 12.6. The first-order chi connectivity index (χ1) is 11.5. The summed E-state index contributed by atoms with van der Waals surface area (Å²) >= 11 is 0. The minimum atomic E-state index is -0.401. The van der Waals surface area contributed by atoms with Gasteiger partial charge in [-0.1, -0.05) is 25.1 Å². The number of amides is 2. The van der Waals surface area contributed by atoms with Crippen LogP contribution in [0.5, 0.6) is 0 Å². The highest BCUT2D eigenvalue weighted by Crippen LogP contribution is 2.22. The summed E-state index contributed by atoms with van der Waals surface area (Å²) in [7, 11) is 1.57. The van der Waals surface area contributed by atoms with Crippen molar-refractivity contribution in [2.24, 2.45) is 5.92 Å². The van der Waals surface area contributed by atoms with Crippen molar-refractivity contribution in [2.45, 2.75) is 19.4 Å². The van der Waals surface area contributed by atoms with Gasteiger partial charge in [-0.25, -0.2) is 0 Å². The standard InChI is InChI=1S/C17H19N5O2/c1-11-7-12(8-18)22(9-11)15(23)10-21(2)17(24)16-13-5-3-4-6-14(13)19-20-16/h3-6,11-12H,7,9-10H2,1-2H3,(H,19,20). The number of hydrogen-bond donors (Lipinski definition) is 1. The van der Waals surface area contributed by atoms with Gasteiger partial charge in [0.25, 0.3) is 5.91 Å². The number of nitrogens with zero attached hydrogens (tertiary/aromatic N) is 4. The molecule has 2 heterocycles. The zero-order chi connectivity index (χ0) is 17.3. The smallest absolute Gasteiger partial charge is 0.275 e. The predicted octanol–water partition coefficient (Wildman–Crippen LogP) is 1.40. The largest absolute Gasteiger partial charge is 0.331 e. The van der Waals surface area contributed by atoms with Crippen molar-refractivity contribution in [1.29, 1.82) is 5.26 Å². The Morgan fingerprint density at radius 3 is 2.96 bits per heavy atom. The van der Waals surface area contributed by atoms with Gasteiger partial charge in [-0.2, -0.15) is 10.4 Å². The Morgan fingerprint density at radius 2 is 2.21 bits per heavy atom. The van der Waals surface area contributed by atoms with Gasteiger partial charge >= 0.3 is 0 Å². The molecular formula is C17H19N5O2. The number of aromatic amines is 1. The molecule has 0 bridgehead atoms. The van der Waals surface area contributed by atoms with Crippen molar-refractivity contribution in [3.05, 3.63) is 30.0 Å². The average Bonchev–Trinajstić information content (AvgIpc) is 3.17. The Hall–Kier alpha value is -2.88. The van der Waals surface area contributed by atoms with E-state index in [0.717, 1.165) is 10.9 Å². The second-order valence-corrected chi connectivity index (χ2v) is 6.31. The molecule has 124 valence electrons. The number of hydrogen-bond acceptors (Lipinski definition) is 4. The Bertz CT molecular complexity index is 822. The molecule has 1 aliphatic heterocycles. The van der Waals surface area contributed by atoms with Crippen LogP contribution in [0.15, 0.2) is 24.3 Å². The molecule has 1 fully saturated rings. The molecule has 1 aliphatic rings. The summed E-state index contributed by atoms with van der Waals surface area (Å²) in [4.78, 5) is 28.0. The van der Waals surface area contributed by atoms with Crippen molar-refractivity contribution in [1.82, 2.24) is 20.0 Å². The molecule has 1 aromatic carbocycles. The topological polar surface area (TPSA) is 93.1 Å². The number of benzene rings is 1. The van der Waals surface area contributed by atoms with Crippen LogP contribution in [0.4, 0.5) is 0 Å². The van der Waals surface area contributed by atoms with Crippen LogP contribution in [0, 0.1) is 17.2 Å². The number of likely N-dealkylation sites (N-methyl/N-ethyl adjacent to an activating group) is 1. The van der Waals surface area contributed by atoms with Gasteiger partial charge in [-0.15, -0.1) is 0 Å². The van der Waals surface area contributed by atoms with Gasteiger partial charge in [0.1, 0.15) is 6.04 Å². The quantitative estimate of drug-likeness (QED) is 0.923. The van der Waals surface area contributed by atoms with Crippen LogP contribution in [-0.2, 0) is 4.79 Å². The van der Waals surface area contributed by atoms with Gasteiger partial charge in [0.05, 0.1) is 18.1 Å². The third kappa shape index (κ3) is 2.83. The predicted molar refractivity (Wildman–Crippen MR) is 87.9 cm³/mol. The third-order valence-corrected chi connectivity index (χ3v) is 4.37. The second kappa shape index (κ2) is 6.32. The van der Waals surface area contributed by atoms with Crippen molar-refractivity contribution in [2.75, 3.05) is 20.1 Å². The molecule has 2 atom stereocenters. The van der Waals surface area contributed by atoms with E-state index < -0.39 is 6.04 Å². The second-order valence-electron chi connectivity index (χ2n) is 6.31. The maximum Gasteiger partial charge on any atom is 0.275 e. The van der Waals surface area contributed by atoms with Gasteiger partial charge in [-0.05, 0) is 18.4 Å². The SMILES string of the molecule is CC1CC(C#N)N(C(=O)CN(C)C(=O)c2n[nH]c3ccccc23)C1. The Kier molecular flexibility index (Phi) is 4.21. The highest BCUT2D eigenvalue weighted by atomic mass is 16.2. The minimum Gasteiger partial charge on any atom is -0.331 e. The molecule has 2 amide bonds. The van der Waals surface area contributed by atoms with E-state index >= 15 is 0 Å². The summed E-state index contributed by atoms with van der Waals surface area (Å²) in [5.74, 6) is -0.224. The molecule has 7 nitrogen and oxygen atoms in total. The number of likely N-dealkylation sites (tertiary alicyclic amines) is 1. The number of nitriles is 1. The number of fused-ring (bicyclic) bond motifs is 1. The first-order valence-electron chi connectivity index (χ1n) is 7.89. The van der Waals surface area contributed by atoms with Crippen LogP contribution in [0.3, 0.4) is 0 Å². The molecule has 7 heteroatoms. The van der Waals surface area contributed by atoms with Gasteiger partial charge in [0.2, 0.25) is 5.91 Å². The van der Waals surface area contributed by atoms with Crippen molar-refractivity contribution >= 4 is 22.7 Å². The van der Waals surface area contributed by atoms with Crippen LogP contribution < -0.4 is 0 Å². The van der Waals surface area contributed by atoms with Crippen LogP contribution >= 0.6 is 0 Å².